The molecule has 1 aromatic rings. The van der Waals surface area contributed by atoms with Crippen molar-refractivity contribution in [2.75, 3.05) is 7.11 Å². The van der Waals surface area contributed by atoms with Gasteiger partial charge in [0.05, 0.1) is 6.10 Å². The number of hydrogen-bond donors (Lipinski definition) is 0. The molecule has 0 bridgehead atoms. The number of carbonyl (C=O) groups excluding carboxylic acids is 1. The van der Waals surface area contributed by atoms with E-state index in [2.05, 4.69) is 0 Å². The summed E-state index contributed by atoms with van der Waals surface area (Å²) in [5.41, 5.74) is 2.97. The molecule has 1 atom stereocenters. The Kier molecular flexibility index (Phi) is 4.04. The van der Waals surface area contributed by atoms with Crippen LogP contribution >= 0.6 is 0 Å². The highest BCUT2D eigenvalue weighted by molar-refractivity contribution is 5.97. The molecular weight excluding hydrogens is 188 g/mol. The quantitative estimate of drug-likeness (QED) is 0.708. The lowest BCUT2D eigenvalue weighted by molar-refractivity contribution is 0.0791. The molecule has 0 spiro atoms. The van der Waals surface area contributed by atoms with E-state index in [9.17, 15) is 4.79 Å². The molecule has 2 heteroatoms. The number of rotatable bonds is 4. The minimum Gasteiger partial charge on any atom is -0.381 e. The summed E-state index contributed by atoms with van der Waals surface area (Å²) < 4.78 is 5.09. The Morgan fingerprint density at radius 2 is 2.07 bits per heavy atom. The van der Waals surface area contributed by atoms with Gasteiger partial charge in [-0.05, 0) is 32.4 Å². The number of carbonyl (C=O) groups is 1. The Morgan fingerprint density at radius 3 is 2.67 bits per heavy atom. The van der Waals surface area contributed by atoms with E-state index >= 15 is 0 Å². The molecule has 0 N–H and O–H groups in total. The van der Waals surface area contributed by atoms with Gasteiger partial charge in [-0.15, -0.1) is 0 Å². The predicted molar refractivity (Wildman–Crippen MR) is 61.3 cm³/mol. The maximum Gasteiger partial charge on any atom is 0.165 e. The van der Waals surface area contributed by atoms with E-state index in [0.717, 1.165) is 16.7 Å². The summed E-state index contributed by atoms with van der Waals surface area (Å²) in [5.74, 6) is 0.158. The van der Waals surface area contributed by atoms with E-state index in [4.69, 9.17) is 4.74 Å². The average Bonchev–Trinajstić information content (AvgIpc) is 2.21. The largest absolute Gasteiger partial charge is 0.381 e. The Hall–Kier alpha value is -1.15. The van der Waals surface area contributed by atoms with Crippen LogP contribution in [0.4, 0.5) is 0 Å². The van der Waals surface area contributed by atoms with Gasteiger partial charge in [0.25, 0.3) is 0 Å². The highest BCUT2D eigenvalue weighted by atomic mass is 16.5. The van der Waals surface area contributed by atoms with E-state index in [1.54, 1.807) is 7.11 Å². The van der Waals surface area contributed by atoms with Crippen molar-refractivity contribution in [1.82, 2.24) is 0 Å². The number of methoxy groups -OCH3 is 1. The van der Waals surface area contributed by atoms with E-state index in [-0.39, 0.29) is 11.9 Å². The second kappa shape index (κ2) is 5.08. The van der Waals surface area contributed by atoms with Crippen molar-refractivity contribution in [2.45, 2.75) is 33.3 Å². The van der Waals surface area contributed by atoms with Crippen LogP contribution in [0.25, 0.3) is 0 Å². The third-order valence-corrected chi connectivity index (χ3v) is 2.57. The molecule has 0 aliphatic rings. The zero-order chi connectivity index (χ0) is 11.4. The van der Waals surface area contributed by atoms with Gasteiger partial charge in [-0.3, -0.25) is 4.79 Å². The van der Waals surface area contributed by atoms with Crippen LogP contribution in [0.2, 0.25) is 0 Å². The van der Waals surface area contributed by atoms with Crippen LogP contribution in [0.1, 0.15) is 34.8 Å². The molecule has 1 rings (SSSR count). The van der Waals surface area contributed by atoms with Gasteiger partial charge in [-0.1, -0.05) is 17.7 Å². The van der Waals surface area contributed by atoms with E-state index < -0.39 is 0 Å². The first-order valence-electron chi connectivity index (χ1n) is 5.18. The molecule has 0 saturated carbocycles. The molecule has 0 saturated heterocycles. The van der Waals surface area contributed by atoms with Gasteiger partial charge in [-0.25, -0.2) is 0 Å². The lowest BCUT2D eigenvalue weighted by Gasteiger charge is -2.10. The Morgan fingerprint density at radius 1 is 1.40 bits per heavy atom. The van der Waals surface area contributed by atoms with Crippen LogP contribution in [0.3, 0.4) is 0 Å². The summed E-state index contributed by atoms with van der Waals surface area (Å²) >= 11 is 0. The van der Waals surface area contributed by atoms with Crippen molar-refractivity contribution in [3.05, 3.63) is 34.9 Å². The van der Waals surface area contributed by atoms with Crippen LogP contribution in [0, 0.1) is 13.8 Å². The Labute approximate surface area is 91.3 Å². The third-order valence-electron chi connectivity index (χ3n) is 2.57. The zero-order valence-electron chi connectivity index (χ0n) is 9.83. The Bertz CT molecular complexity index is 356. The first kappa shape index (κ1) is 11.9. The first-order chi connectivity index (χ1) is 7.04. The minimum atomic E-state index is -0.0163. The second-order valence-electron chi connectivity index (χ2n) is 3.99. The molecule has 0 heterocycles. The van der Waals surface area contributed by atoms with Crippen molar-refractivity contribution < 1.29 is 9.53 Å². The van der Waals surface area contributed by atoms with Crippen molar-refractivity contribution >= 4 is 5.78 Å². The second-order valence-corrected chi connectivity index (χ2v) is 3.99. The van der Waals surface area contributed by atoms with Crippen LogP contribution < -0.4 is 0 Å². The van der Waals surface area contributed by atoms with E-state index in [1.807, 2.05) is 39.0 Å². The minimum absolute atomic E-state index is 0.0163. The number of ether oxygens (including phenoxy) is 1. The SMILES string of the molecule is COC(C)CC(=O)c1cc(C)ccc1C. The molecule has 82 valence electrons. The average molecular weight is 206 g/mol. The number of Topliss-reactive ketones (excluding diaryl/α,β-unsaturated/α-hetero) is 1. The van der Waals surface area contributed by atoms with Gasteiger partial charge >= 0.3 is 0 Å². The molecule has 1 aromatic carbocycles. The van der Waals surface area contributed by atoms with Crippen LogP contribution in [0.15, 0.2) is 18.2 Å². The molecule has 0 aromatic heterocycles. The van der Waals surface area contributed by atoms with Crippen LogP contribution in [0.5, 0.6) is 0 Å². The smallest absolute Gasteiger partial charge is 0.165 e. The molecule has 0 aliphatic carbocycles. The van der Waals surface area contributed by atoms with E-state index in [1.165, 1.54) is 0 Å². The fourth-order valence-corrected chi connectivity index (χ4v) is 1.49. The predicted octanol–water partition coefficient (Wildman–Crippen LogP) is 2.91. The Balaban J connectivity index is 2.86. The standard InChI is InChI=1S/C13H18O2/c1-9-5-6-10(2)12(7-9)13(14)8-11(3)15-4/h5-7,11H,8H2,1-4H3. The maximum absolute atomic E-state index is 11.9. The molecule has 0 aliphatic heterocycles. The number of benzene rings is 1. The molecule has 0 radical (unpaired) electrons. The molecule has 0 amide bonds. The van der Waals surface area contributed by atoms with Crippen LogP contribution in [-0.2, 0) is 4.74 Å². The van der Waals surface area contributed by atoms with Gasteiger partial charge < -0.3 is 4.74 Å². The number of aryl methyl sites for hydroxylation is 2. The topological polar surface area (TPSA) is 26.3 Å². The van der Waals surface area contributed by atoms with Crippen molar-refractivity contribution in [1.29, 1.82) is 0 Å². The summed E-state index contributed by atoms with van der Waals surface area (Å²) in [5, 5.41) is 0. The van der Waals surface area contributed by atoms with Gasteiger partial charge in [0.2, 0.25) is 0 Å². The third kappa shape index (κ3) is 3.17. The van der Waals surface area contributed by atoms with E-state index in [0.29, 0.717) is 6.42 Å². The molecule has 2 nitrogen and oxygen atoms in total. The maximum atomic E-state index is 11.9. The molecular formula is C13H18O2. The van der Waals surface area contributed by atoms with Gasteiger partial charge in [0.1, 0.15) is 0 Å². The number of ketones is 1. The lowest BCUT2D eigenvalue weighted by Crippen LogP contribution is -2.13. The molecule has 0 fully saturated rings. The van der Waals surface area contributed by atoms with Gasteiger partial charge in [0, 0.05) is 19.1 Å². The monoisotopic (exact) mass is 206 g/mol. The van der Waals surface area contributed by atoms with Crippen molar-refractivity contribution in [2.24, 2.45) is 0 Å². The van der Waals surface area contributed by atoms with Crippen molar-refractivity contribution in [3.63, 3.8) is 0 Å². The number of hydrogen-bond acceptors (Lipinski definition) is 2. The summed E-state index contributed by atoms with van der Waals surface area (Å²) in [4.78, 5) is 11.9. The normalized spacial score (nSPS) is 12.5. The van der Waals surface area contributed by atoms with Crippen molar-refractivity contribution in [3.8, 4) is 0 Å². The summed E-state index contributed by atoms with van der Waals surface area (Å²) in [6.07, 6.45) is 0.429. The summed E-state index contributed by atoms with van der Waals surface area (Å²) in [6.45, 7) is 5.86. The molecule has 1 unspecified atom stereocenters. The highest BCUT2D eigenvalue weighted by Crippen LogP contribution is 2.14. The van der Waals surface area contributed by atoms with Crippen LogP contribution in [-0.4, -0.2) is 19.0 Å². The fourth-order valence-electron chi connectivity index (χ4n) is 1.49. The zero-order valence-corrected chi connectivity index (χ0v) is 9.83. The first-order valence-corrected chi connectivity index (χ1v) is 5.18. The fraction of sp³-hybridized carbons (Fsp3) is 0.462. The summed E-state index contributed by atoms with van der Waals surface area (Å²) in [7, 11) is 1.63. The molecule has 15 heavy (non-hydrogen) atoms. The van der Waals surface area contributed by atoms with Gasteiger partial charge in [0.15, 0.2) is 5.78 Å². The highest BCUT2D eigenvalue weighted by Gasteiger charge is 2.12. The lowest BCUT2D eigenvalue weighted by atomic mass is 9.99. The van der Waals surface area contributed by atoms with Gasteiger partial charge in [-0.2, -0.15) is 0 Å². The summed E-state index contributed by atoms with van der Waals surface area (Å²) in [6, 6.07) is 5.95.